The third kappa shape index (κ3) is 1.73. The Kier molecular flexibility index (Phi) is 1.13. The van der Waals surface area contributed by atoms with E-state index < -0.39 is 19.2 Å². The van der Waals surface area contributed by atoms with Gasteiger partial charge in [0.05, 0.1) is 20.0 Å². The maximum atomic E-state index is 7.68. The third-order valence-corrected chi connectivity index (χ3v) is 1.52. The van der Waals surface area contributed by atoms with Crippen LogP contribution in [-0.4, -0.2) is 29.2 Å². The van der Waals surface area contributed by atoms with E-state index in [0.717, 1.165) is 0 Å². The van der Waals surface area contributed by atoms with Crippen LogP contribution in [0.2, 0.25) is 0 Å². The van der Waals surface area contributed by atoms with Crippen molar-refractivity contribution >= 4 is 15.9 Å². The topological polar surface area (TPSA) is 44.2 Å². The summed E-state index contributed by atoms with van der Waals surface area (Å²) in [6, 6.07) is 1.22. The lowest BCUT2D eigenvalue weighted by Gasteiger charge is -2.25. The van der Waals surface area contributed by atoms with Crippen LogP contribution in [0.15, 0.2) is 16.9 Å². The minimum absolute atomic E-state index is 0.301. The van der Waals surface area contributed by atoms with Gasteiger partial charge in [-0.2, -0.15) is 4.98 Å². The van der Waals surface area contributed by atoms with Gasteiger partial charge in [0.25, 0.3) is 0 Å². The first-order valence-electron chi connectivity index (χ1n) is 5.56. The Hall–Kier alpha value is -0.680. The minimum Gasteiger partial charge on any atom is -0.455 e. The fourth-order valence-electron chi connectivity index (χ4n) is 0.595. The van der Waals surface area contributed by atoms with E-state index >= 15 is 0 Å². The summed E-state index contributed by atoms with van der Waals surface area (Å²) >= 11 is 3.06. The molecule has 0 aliphatic carbocycles. The zero-order valence-electron chi connectivity index (χ0n) is 10.7. The fraction of sp³-hybridized carbons (Fsp3) is 0.429. The summed E-state index contributed by atoms with van der Waals surface area (Å²) in [5, 5.41) is 0. The Bertz CT molecular complexity index is 444. The molecule has 0 atom stereocenters. The Balaban J connectivity index is 2.28. The molecule has 0 amide bonds. The number of halogens is 1. The quantitative estimate of drug-likeness (QED) is 0.719. The van der Waals surface area contributed by atoms with E-state index in [2.05, 4.69) is 30.6 Å². The Morgan fingerprint density at radius 1 is 1.83 bits per heavy atom. The predicted molar refractivity (Wildman–Crippen MR) is 45.0 cm³/mol. The van der Waals surface area contributed by atoms with Gasteiger partial charge in [-0.1, -0.05) is 0 Å². The highest BCUT2D eigenvalue weighted by Gasteiger charge is 2.20. The van der Waals surface area contributed by atoms with E-state index in [1.807, 2.05) is 0 Å². The zero-order valence-corrected chi connectivity index (χ0v) is 7.33. The summed E-state index contributed by atoms with van der Waals surface area (Å²) in [6.45, 7) is -5.13. The van der Waals surface area contributed by atoms with Gasteiger partial charge >= 0.3 is 6.01 Å². The largest absolute Gasteiger partial charge is 0.455 e. The SMILES string of the molecule is [2H]C1([2H])OC([2H])([2H])C1([2H])Oc1nccc(Br)n1. The summed E-state index contributed by atoms with van der Waals surface area (Å²) < 4.78 is 46.5. The van der Waals surface area contributed by atoms with Gasteiger partial charge in [-0.05, 0) is 22.0 Å². The van der Waals surface area contributed by atoms with Crippen molar-refractivity contribution in [3.8, 4) is 6.01 Å². The van der Waals surface area contributed by atoms with Crippen molar-refractivity contribution in [2.75, 3.05) is 13.1 Å². The number of hydrogen-bond acceptors (Lipinski definition) is 4. The molecule has 4 nitrogen and oxygen atoms in total. The van der Waals surface area contributed by atoms with Crippen molar-refractivity contribution in [3.63, 3.8) is 0 Å². The fourth-order valence-corrected chi connectivity index (χ4v) is 0.865. The van der Waals surface area contributed by atoms with Gasteiger partial charge in [0, 0.05) is 6.20 Å². The molecule has 12 heavy (non-hydrogen) atoms. The smallest absolute Gasteiger partial charge is 0.317 e. The Labute approximate surface area is 85.1 Å². The van der Waals surface area contributed by atoms with Crippen LogP contribution in [0.25, 0.3) is 0 Å². The van der Waals surface area contributed by atoms with Crippen molar-refractivity contribution in [3.05, 3.63) is 16.9 Å². The van der Waals surface area contributed by atoms with Crippen LogP contribution in [0.3, 0.4) is 0 Å². The molecule has 1 aromatic rings. The summed E-state index contributed by atoms with van der Waals surface area (Å²) in [6.07, 6.45) is -1.21. The second-order valence-electron chi connectivity index (χ2n) is 1.90. The minimum atomic E-state index is -2.57. The molecule has 0 spiro atoms. The first-order chi connectivity index (χ1) is 7.68. The van der Waals surface area contributed by atoms with Gasteiger partial charge in [-0.25, -0.2) is 4.98 Å². The van der Waals surface area contributed by atoms with E-state index in [9.17, 15) is 0 Å². The lowest BCUT2D eigenvalue weighted by atomic mass is 10.3. The molecule has 0 aromatic carbocycles. The molecule has 0 unspecified atom stereocenters. The summed E-state index contributed by atoms with van der Waals surface area (Å²) in [5.41, 5.74) is 0. The maximum absolute atomic E-state index is 7.68. The molecule has 0 saturated carbocycles. The zero-order chi connectivity index (χ0) is 12.9. The molecule has 0 N–H and O–H groups in total. The first-order valence-corrected chi connectivity index (χ1v) is 3.85. The lowest BCUT2D eigenvalue weighted by Crippen LogP contribution is -2.39. The highest BCUT2D eigenvalue weighted by Crippen LogP contribution is 2.13. The highest BCUT2D eigenvalue weighted by atomic mass is 79.9. The molecule has 1 saturated heterocycles. The van der Waals surface area contributed by atoms with Gasteiger partial charge < -0.3 is 9.47 Å². The second kappa shape index (κ2) is 3.37. The summed E-state index contributed by atoms with van der Waals surface area (Å²) in [5.74, 6) is 0. The van der Waals surface area contributed by atoms with E-state index in [1.165, 1.54) is 12.3 Å². The summed E-state index contributed by atoms with van der Waals surface area (Å²) in [4.78, 5) is 7.41. The molecule has 2 heterocycles. The standard InChI is InChI=1S/C7H7BrN2O2/c8-6-1-2-9-7(10-6)12-5-3-11-4-5/h1-2,5H,3-4H2/i3D2,4D2,5D. The molecule has 1 aromatic heterocycles. The van der Waals surface area contributed by atoms with Gasteiger partial charge in [0.1, 0.15) is 10.7 Å². The molecule has 64 valence electrons. The average Bonchev–Trinajstić information content (AvgIpc) is 2.15. The number of rotatable bonds is 2. The van der Waals surface area contributed by atoms with E-state index in [0.29, 0.717) is 4.60 Å². The van der Waals surface area contributed by atoms with E-state index in [4.69, 9.17) is 11.6 Å². The van der Waals surface area contributed by atoms with Crippen molar-refractivity contribution in [1.29, 1.82) is 0 Å². The summed E-state index contributed by atoms with van der Waals surface area (Å²) in [7, 11) is 0. The second-order valence-corrected chi connectivity index (χ2v) is 2.71. The van der Waals surface area contributed by atoms with Gasteiger partial charge in [0.2, 0.25) is 0 Å². The number of ether oxygens (including phenoxy) is 2. The molecule has 1 aliphatic heterocycles. The highest BCUT2D eigenvalue weighted by molar-refractivity contribution is 9.10. The van der Waals surface area contributed by atoms with Crippen LogP contribution in [0.4, 0.5) is 0 Å². The maximum Gasteiger partial charge on any atom is 0.317 e. The van der Waals surface area contributed by atoms with Crippen molar-refractivity contribution < 1.29 is 16.3 Å². The molecule has 1 aliphatic rings. The van der Waals surface area contributed by atoms with Crippen LogP contribution in [0, 0.1) is 0 Å². The van der Waals surface area contributed by atoms with Crippen LogP contribution in [-0.2, 0) is 4.74 Å². The normalized spacial score (nSPS) is 34.2. The van der Waals surface area contributed by atoms with E-state index in [-0.39, 0.29) is 6.01 Å². The van der Waals surface area contributed by atoms with Crippen molar-refractivity contribution in [2.45, 2.75) is 6.08 Å². The number of aromatic nitrogens is 2. The van der Waals surface area contributed by atoms with Crippen molar-refractivity contribution in [2.24, 2.45) is 0 Å². The molecular weight excluding hydrogens is 224 g/mol. The number of nitrogens with zero attached hydrogens (tertiary/aromatic N) is 2. The molecule has 5 heteroatoms. The van der Waals surface area contributed by atoms with Crippen LogP contribution in [0.5, 0.6) is 6.01 Å². The molecule has 0 radical (unpaired) electrons. The first kappa shape index (κ1) is 4.02. The average molecular weight is 236 g/mol. The Morgan fingerprint density at radius 3 is 3.33 bits per heavy atom. The molecule has 1 fully saturated rings. The van der Waals surface area contributed by atoms with Gasteiger partial charge in [0.15, 0.2) is 0 Å². The Morgan fingerprint density at radius 2 is 2.67 bits per heavy atom. The van der Waals surface area contributed by atoms with Gasteiger partial charge in [-0.3, -0.25) is 0 Å². The number of hydrogen-bond donors (Lipinski definition) is 0. The monoisotopic (exact) mass is 235 g/mol. The third-order valence-electron chi connectivity index (χ3n) is 1.08. The van der Waals surface area contributed by atoms with E-state index in [1.54, 1.807) is 0 Å². The van der Waals surface area contributed by atoms with Crippen LogP contribution in [0.1, 0.15) is 6.85 Å². The molecular formula is C7H7BrN2O2. The molecule has 2 rings (SSSR count). The lowest BCUT2D eigenvalue weighted by molar-refractivity contribution is -0.0831. The van der Waals surface area contributed by atoms with Crippen molar-refractivity contribution in [1.82, 2.24) is 9.97 Å². The van der Waals surface area contributed by atoms with Crippen LogP contribution >= 0.6 is 15.9 Å². The predicted octanol–water partition coefficient (Wildman–Crippen LogP) is 1.02. The van der Waals surface area contributed by atoms with Gasteiger partial charge in [-0.15, -0.1) is 0 Å². The van der Waals surface area contributed by atoms with Crippen LogP contribution < -0.4 is 4.74 Å². The molecule has 0 bridgehead atoms.